The lowest BCUT2D eigenvalue weighted by molar-refractivity contribution is -0.119. The van der Waals surface area contributed by atoms with Crippen LogP contribution in [0.15, 0.2) is 23.8 Å². The summed E-state index contributed by atoms with van der Waals surface area (Å²) in [5, 5.41) is 22.3. The lowest BCUT2D eigenvalue weighted by Gasteiger charge is -2.12. The van der Waals surface area contributed by atoms with Gasteiger partial charge in [-0.1, -0.05) is 0 Å². The molecule has 0 fully saturated rings. The number of hydrogen-bond donors (Lipinski definition) is 2. The third-order valence-corrected chi connectivity index (χ3v) is 4.42. The van der Waals surface area contributed by atoms with Gasteiger partial charge in [0.05, 0.1) is 11.4 Å². The number of aromatic carboxylic acids is 1. The fourth-order valence-corrected chi connectivity index (χ4v) is 3.13. The number of aryl methyl sites for hydroxylation is 2. The number of aromatic nitrogens is 5. The number of carboxylic acid groups (broad SMARTS) is 1. The lowest BCUT2D eigenvalue weighted by atomic mass is 10.2. The van der Waals surface area contributed by atoms with Gasteiger partial charge in [-0.2, -0.15) is 10.2 Å². The van der Waals surface area contributed by atoms with Crippen molar-refractivity contribution >= 4 is 28.3 Å². The van der Waals surface area contributed by atoms with Crippen molar-refractivity contribution in [1.29, 1.82) is 0 Å². The highest BCUT2D eigenvalue weighted by Gasteiger charge is 2.22. The van der Waals surface area contributed by atoms with Crippen LogP contribution in [0, 0.1) is 6.92 Å². The zero-order valence-electron chi connectivity index (χ0n) is 13.8. The van der Waals surface area contributed by atoms with E-state index in [1.807, 2.05) is 25.5 Å². The van der Waals surface area contributed by atoms with Gasteiger partial charge in [-0.3, -0.25) is 9.48 Å². The molecule has 1 unspecified atom stereocenters. The quantitative estimate of drug-likeness (QED) is 0.718. The standard InChI is InChI=1S/C15H16N6O3S/c1-8-10(6-20(3)19-8)11-7-25-15(17-11)18-13(22)9(2)21-12(14(23)24)4-5-16-21/h4-7,9H,1-3H3,(H,23,24)(H,17,18,22). The zero-order chi connectivity index (χ0) is 18.1. The molecule has 3 heterocycles. The predicted molar refractivity (Wildman–Crippen MR) is 91.6 cm³/mol. The summed E-state index contributed by atoms with van der Waals surface area (Å²) in [7, 11) is 1.83. The Labute approximate surface area is 146 Å². The summed E-state index contributed by atoms with van der Waals surface area (Å²) >= 11 is 1.29. The van der Waals surface area contributed by atoms with Crippen molar-refractivity contribution in [3.63, 3.8) is 0 Å². The smallest absolute Gasteiger partial charge is 0.354 e. The van der Waals surface area contributed by atoms with Crippen molar-refractivity contribution in [2.45, 2.75) is 19.9 Å². The molecule has 1 amide bonds. The number of nitrogens with one attached hydrogen (secondary N) is 1. The topological polar surface area (TPSA) is 115 Å². The first-order valence-corrected chi connectivity index (χ1v) is 8.28. The summed E-state index contributed by atoms with van der Waals surface area (Å²) in [6.45, 7) is 3.47. The Morgan fingerprint density at radius 1 is 1.40 bits per heavy atom. The van der Waals surface area contributed by atoms with Crippen LogP contribution >= 0.6 is 11.3 Å². The average Bonchev–Trinajstić information content (AvgIpc) is 3.26. The normalized spacial score (nSPS) is 12.1. The number of rotatable bonds is 5. The summed E-state index contributed by atoms with van der Waals surface area (Å²) in [6.07, 6.45) is 3.21. The average molecular weight is 360 g/mol. The monoisotopic (exact) mass is 360 g/mol. The van der Waals surface area contributed by atoms with Crippen molar-refractivity contribution in [3.05, 3.63) is 35.2 Å². The summed E-state index contributed by atoms with van der Waals surface area (Å²) in [4.78, 5) is 27.9. The number of thiazole rings is 1. The molecule has 9 nitrogen and oxygen atoms in total. The van der Waals surface area contributed by atoms with Gasteiger partial charge in [-0.25, -0.2) is 14.5 Å². The molecule has 2 N–H and O–H groups in total. The number of hydrogen-bond acceptors (Lipinski definition) is 6. The maximum atomic E-state index is 12.4. The minimum Gasteiger partial charge on any atom is -0.477 e. The number of amides is 1. The van der Waals surface area contributed by atoms with Crippen LogP contribution in [0.3, 0.4) is 0 Å². The van der Waals surface area contributed by atoms with E-state index in [-0.39, 0.29) is 5.69 Å². The van der Waals surface area contributed by atoms with Gasteiger partial charge in [0, 0.05) is 30.4 Å². The molecule has 10 heteroatoms. The molecule has 0 spiro atoms. The summed E-state index contributed by atoms with van der Waals surface area (Å²) in [6, 6.07) is 0.562. The maximum Gasteiger partial charge on any atom is 0.354 e. The maximum absolute atomic E-state index is 12.4. The van der Waals surface area contributed by atoms with Gasteiger partial charge < -0.3 is 10.4 Å². The predicted octanol–water partition coefficient (Wildman–Crippen LogP) is 1.95. The Balaban J connectivity index is 1.76. The minimum absolute atomic E-state index is 0.0477. The third kappa shape index (κ3) is 3.29. The summed E-state index contributed by atoms with van der Waals surface area (Å²) < 4.78 is 2.87. The van der Waals surface area contributed by atoms with Gasteiger partial charge in [0.1, 0.15) is 11.7 Å². The van der Waals surface area contributed by atoms with Gasteiger partial charge in [0.2, 0.25) is 0 Å². The number of anilines is 1. The Bertz CT molecular complexity index is 941. The van der Waals surface area contributed by atoms with Crippen molar-refractivity contribution in [1.82, 2.24) is 24.5 Å². The van der Waals surface area contributed by atoms with Gasteiger partial charge in [0.15, 0.2) is 5.13 Å². The molecule has 0 aliphatic carbocycles. The van der Waals surface area contributed by atoms with Crippen LogP contribution in [0.1, 0.15) is 29.1 Å². The van der Waals surface area contributed by atoms with Crippen molar-refractivity contribution < 1.29 is 14.7 Å². The largest absolute Gasteiger partial charge is 0.477 e. The molecule has 0 saturated heterocycles. The molecule has 1 atom stereocenters. The SMILES string of the molecule is Cc1nn(C)cc1-c1csc(NC(=O)C(C)n2nccc2C(=O)O)n1. The van der Waals surface area contributed by atoms with E-state index < -0.39 is 17.9 Å². The number of carbonyl (C=O) groups is 2. The van der Waals surface area contributed by atoms with Crippen molar-refractivity contribution in [3.8, 4) is 11.3 Å². The zero-order valence-corrected chi connectivity index (χ0v) is 14.6. The lowest BCUT2D eigenvalue weighted by Crippen LogP contribution is -2.26. The Morgan fingerprint density at radius 3 is 2.80 bits per heavy atom. The highest BCUT2D eigenvalue weighted by atomic mass is 32.1. The highest BCUT2D eigenvalue weighted by molar-refractivity contribution is 7.14. The second-order valence-corrected chi connectivity index (χ2v) is 6.33. The molecular weight excluding hydrogens is 344 g/mol. The van der Waals surface area contributed by atoms with E-state index in [9.17, 15) is 9.59 Å². The van der Waals surface area contributed by atoms with Crippen LogP contribution in [0.5, 0.6) is 0 Å². The third-order valence-electron chi connectivity index (χ3n) is 3.66. The Hall–Kier alpha value is -3.01. The second kappa shape index (κ2) is 6.48. The molecule has 130 valence electrons. The van der Waals surface area contributed by atoms with Crippen LogP contribution in [-0.2, 0) is 11.8 Å². The molecule has 25 heavy (non-hydrogen) atoms. The minimum atomic E-state index is -1.14. The Kier molecular flexibility index (Phi) is 4.36. The number of carboxylic acids is 1. The molecule has 0 saturated carbocycles. The van der Waals surface area contributed by atoms with E-state index in [2.05, 4.69) is 20.5 Å². The van der Waals surface area contributed by atoms with Crippen LogP contribution < -0.4 is 5.32 Å². The molecular formula is C15H16N6O3S. The molecule has 0 radical (unpaired) electrons. The van der Waals surface area contributed by atoms with Gasteiger partial charge in [-0.15, -0.1) is 11.3 Å². The summed E-state index contributed by atoms with van der Waals surface area (Å²) in [5.41, 5.74) is 2.42. The van der Waals surface area contributed by atoms with Gasteiger partial charge in [0.25, 0.3) is 5.91 Å². The highest BCUT2D eigenvalue weighted by Crippen LogP contribution is 2.27. The molecule has 0 aromatic carbocycles. The number of carbonyl (C=O) groups excluding carboxylic acids is 1. The molecule has 3 aromatic rings. The Morgan fingerprint density at radius 2 is 2.16 bits per heavy atom. The van der Waals surface area contributed by atoms with E-state index in [4.69, 9.17) is 5.11 Å². The first kappa shape index (κ1) is 16.8. The summed E-state index contributed by atoms with van der Waals surface area (Å²) in [5.74, 6) is -1.53. The first-order valence-electron chi connectivity index (χ1n) is 7.40. The van der Waals surface area contributed by atoms with Crippen molar-refractivity contribution in [2.75, 3.05) is 5.32 Å². The first-order chi connectivity index (χ1) is 11.9. The molecule has 0 aliphatic heterocycles. The van der Waals surface area contributed by atoms with Crippen LogP contribution in [-0.4, -0.2) is 41.5 Å². The van der Waals surface area contributed by atoms with Crippen LogP contribution in [0.2, 0.25) is 0 Å². The van der Waals surface area contributed by atoms with E-state index in [1.165, 1.54) is 23.6 Å². The fraction of sp³-hybridized carbons (Fsp3) is 0.267. The second-order valence-electron chi connectivity index (χ2n) is 5.47. The molecule has 3 rings (SSSR count). The van der Waals surface area contributed by atoms with E-state index in [0.29, 0.717) is 5.13 Å². The van der Waals surface area contributed by atoms with E-state index in [1.54, 1.807) is 11.6 Å². The van der Waals surface area contributed by atoms with Gasteiger partial charge in [-0.05, 0) is 19.9 Å². The number of nitrogens with zero attached hydrogens (tertiary/aromatic N) is 5. The van der Waals surface area contributed by atoms with Crippen molar-refractivity contribution in [2.24, 2.45) is 7.05 Å². The van der Waals surface area contributed by atoms with E-state index in [0.717, 1.165) is 21.6 Å². The van der Waals surface area contributed by atoms with Gasteiger partial charge >= 0.3 is 5.97 Å². The molecule has 0 aliphatic rings. The van der Waals surface area contributed by atoms with E-state index >= 15 is 0 Å². The molecule has 3 aromatic heterocycles. The van der Waals surface area contributed by atoms with Crippen LogP contribution in [0.25, 0.3) is 11.3 Å². The van der Waals surface area contributed by atoms with Crippen LogP contribution in [0.4, 0.5) is 5.13 Å². The molecule has 0 bridgehead atoms. The fourth-order valence-electron chi connectivity index (χ4n) is 2.42.